The Morgan fingerprint density at radius 1 is 0.971 bits per heavy atom. The first kappa shape index (κ1) is 23.8. The Bertz CT molecular complexity index is 1370. The minimum absolute atomic E-state index is 0.0476. The van der Waals surface area contributed by atoms with Gasteiger partial charge in [-0.15, -0.1) is 0 Å². The van der Waals surface area contributed by atoms with Crippen molar-refractivity contribution in [3.63, 3.8) is 0 Å². The first-order valence-electron chi connectivity index (χ1n) is 10.6. The molecule has 0 heterocycles. The zero-order valence-electron chi connectivity index (χ0n) is 18.4. The monoisotopic (exact) mass is 498 g/mol. The van der Waals surface area contributed by atoms with Crippen LogP contribution >= 0.6 is 11.6 Å². The number of sulfone groups is 1. The van der Waals surface area contributed by atoms with Gasteiger partial charge in [-0.25, -0.2) is 8.42 Å². The van der Waals surface area contributed by atoms with Crippen molar-refractivity contribution in [3.05, 3.63) is 82.4 Å². The summed E-state index contributed by atoms with van der Waals surface area (Å²) in [5, 5.41) is 5.58. The zero-order chi connectivity index (χ0) is 24.3. The van der Waals surface area contributed by atoms with E-state index in [1.807, 2.05) is 18.2 Å². The highest BCUT2D eigenvalue weighted by atomic mass is 35.5. The molecule has 176 valence electrons. The average Bonchev–Trinajstić information content (AvgIpc) is 3.27. The number of carbonyl (C=O) groups excluding carboxylic acids is 2. The topological polar surface area (TPSA) is 102 Å². The molecule has 0 radical (unpaired) electrons. The second-order valence-corrected chi connectivity index (χ2v) is 10.5. The molecule has 34 heavy (non-hydrogen) atoms. The van der Waals surface area contributed by atoms with Crippen LogP contribution < -0.4 is 15.4 Å². The maximum atomic E-state index is 12.5. The smallest absolute Gasteiger partial charge is 0.262 e. The lowest BCUT2D eigenvalue weighted by molar-refractivity contribution is -0.118. The lowest BCUT2D eigenvalue weighted by atomic mass is 10.1. The molecule has 3 aromatic carbocycles. The number of fused-ring (bicyclic) bond motifs is 1. The van der Waals surface area contributed by atoms with Gasteiger partial charge in [0.15, 0.2) is 16.4 Å². The second kappa shape index (κ2) is 9.87. The van der Waals surface area contributed by atoms with Crippen LogP contribution in [0.3, 0.4) is 0 Å². The Hall–Kier alpha value is -3.36. The molecule has 0 unspecified atom stereocenters. The number of halogens is 1. The van der Waals surface area contributed by atoms with E-state index in [1.54, 1.807) is 12.1 Å². The number of carbonyl (C=O) groups is 2. The Labute approximate surface area is 203 Å². The average molecular weight is 499 g/mol. The van der Waals surface area contributed by atoms with Gasteiger partial charge in [0, 0.05) is 17.5 Å². The molecule has 9 heteroatoms. The Kier molecular flexibility index (Phi) is 6.90. The molecule has 2 N–H and O–H groups in total. The van der Waals surface area contributed by atoms with Crippen LogP contribution in [0, 0.1) is 0 Å². The van der Waals surface area contributed by atoms with Crippen molar-refractivity contribution in [2.45, 2.75) is 24.2 Å². The van der Waals surface area contributed by atoms with Crippen LogP contribution in [0.4, 0.5) is 11.4 Å². The number of hydrogen-bond donors (Lipinski definition) is 2. The summed E-state index contributed by atoms with van der Waals surface area (Å²) in [6.07, 6.45) is 4.33. The molecule has 1 aliphatic carbocycles. The highest BCUT2D eigenvalue weighted by Crippen LogP contribution is 2.27. The standard InChI is InChI=1S/C25H23ClN2O5S/c1-34(31,32)21-7-3-6-18(13-21)25(30)28-23-11-9-19(14-22(23)26)27-24(29)15-33-20-10-8-16-4-2-5-17(16)12-20/h3,6-14H,2,4-5,15H2,1H3,(H,27,29)(H,28,30). The molecule has 0 aromatic heterocycles. The van der Waals surface area contributed by atoms with E-state index in [2.05, 4.69) is 10.6 Å². The highest BCUT2D eigenvalue weighted by Gasteiger charge is 2.15. The Morgan fingerprint density at radius 3 is 2.53 bits per heavy atom. The third-order valence-corrected chi connectivity index (χ3v) is 6.89. The summed E-state index contributed by atoms with van der Waals surface area (Å²) >= 11 is 6.28. The SMILES string of the molecule is CS(=O)(=O)c1cccc(C(=O)Nc2ccc(NC(=O)COc3ccc4c(c3)CCC4)cc2Cl)c1. The summed E-state index contributed by atoms with van der Waals surface area (Å²) in [5.41, 5.74) is 3.56. The van der Waals surface area contributed by atoms with E-state index in [0.29, 0.717) is 17.1 Å². The lowest BCUT2D eigenvalue weighted by Gasteiger charge is -2.11. The number of nitrogens with one attached hydrogen (secondary N) is 2. The maximum Gasteiger partial charge on any atom is 0.262 e. The predicted octanol–water partition coefficient (Wildman–Crippen LogP) is 4.50. The van der Waals surface area contributed by atoms with Gasteiger partial charge in [-0.05, 0) is 78.9 Å². The molecular weight excluding hydrogens is 476 g/mol. The minimum Gasteiger partial charge on any atom is -0.484 e. The summed E-state index contributed by atoms with van der Waals surface area (Å²) < 4.78 is 29.1. The molecule has 4 rings (SSSR count). The van der Waals surface area contributed by atoms with Crippen molar-refractivity contribution in [1.82, 2.24) is 0 Å². The van der Waals surface area contributed by atoms with E-state index in [9.17, 15) is 18.0 Å². The lowest BCUT2D eigenvalue weighted by Crippen LogP contribution is -2.20. The van der Waals surface area contributed by atoms with Gasteiger partial charge in [0.05, 0.1) is 15.6 Å². The third kappa shape index (κ3) is 5.76. The first-order chi connectivity index (χ1) is 16.2. The molecule has 0 aliphatic heterocycles. The fourth-order valence-electron chi connectivity index (χ4n) is 3.74. The summed E-state index contributed by atoms with van der Waals surface area (Å²) in [6.45, 7) is -0.147. The normalized spacial score (nSPS) is 12.6. The van der Waals surface area contributed by atoms with Crippen LogP contribution in [0.15, 0.2) is 65.6 Å². The molecule has 1 aliphatic rings. The summed E-state index contributed by atoms with van der Waals surface area (Å²) in [7, 11) is -3.44. The van der Waals surface area contributed by atoms with Crippen molar-refractivity contribution < 1.29 is 22.7 Å². The highest BCUT2D eigenvalue weighted by molar-refractivity contribution is 7.90. The van der Waals surface area contributed by atoms with E-state index in [0.717, 1.165) is 25.5 Å². The van der Waals surface area contributed by atoms with Crippen LogP contribution in [-0.4, -0.2) is 33.1 Å². The van der Waals surface area contributed by atoms with Gasteiger partial charge < -0.3 is 15.4 Å². The number of benzene rings is 3. The van der Waals surface area contributed by atoms with Gasteiger partial charge in [-0.1, -0.05) is 23.7 Å². The van der Waals surface area contributed by atoms with E-state index in [1.165, 1.54) is 41.5 Å². The van der Waals surface area contributed by atoms with Gasteiger partial charge in [0.25, 0.3) is 11.8 Å². The van der Waals surface area contributed by atoms with Crippen LogP contribution in [-0.2, 0) is 27.5 Å². The van der Waals surface area contributed by atoms with E-state index >= 15 is 0 Å². The van der Waals surface area contributed by atoms with Gasteiger partial charge in [-0.2, -0.15) is 0 Å². The fraction of sp³-hybridized carbons (Fsp3) is 0.200. The molecule has 2 amide bonds. The number of hydrogen-bond acceptors (Lipinski definition) is 5. The second-order valence-electron chi connectivity index (χ2n) is 8.07. The third-order valence-electron chi connectivity index (χ3n) is 5.47. The van der Waals surface area contributed by atoms with E-state index in [4.69, 9.17) is 16.3 Å². The van der Waals surface area contributed by atoms with Crippen molar-refractivity contribution in [2.75, 3.05) is 23.5 Å². The molecule has 0 saturated heterocycles. The van der Waals surface area contributed by atoms with Gasteiger partial charge in [-0.3, -0.25) is 9.59 Å². The van der Waals surface area contributed by atoms with Gasteiger partial charge in [0.2, 0.25) is 0 Å². The maximum absolute atomic E-state index is 12.5. The largest absolute Gasteiger partial charge is 0.484 e. The number of rotatable bonds is 7. The van der Waals surface area contributed by atoms with Crippen LogP contribution in [0.25, 0.3) is 0 Å². The van der Waals surface area contributed by atoms with Crippen molar-refractivity contribution in [1.29, 1.82) is 0 Å². The van der Waals surface area contributed by atoms with Crippen molar-refractivity contribution in [3.8, 4) is 5.75 Å². The number of ether oxygens (including phenoxy) is 1. The molecule has 0 saturated carbocycles. The molecule has 3 aromatic rings. The van der Waals surface area contributed by atoms with E-state index in [-0.39, 0.29) is 28.0 Å². The number of amides is 2. The molecule has 0 atom stereocenters. The van der Waals surface area contributed by atoms with Crippen LogP contribution in [0.1, 0.15) is 27.9 Å². The van der Waals surface area contributed by atoms with Gasteiger partial charge >= 0.3 is 0 Å². The molecule has 0 bridgehead atoms. The summed E-state index contributed by atoms with van der Waals surface area (Å²) in [5.74, 6) is -0.190. The Balaban J connectivity index is 1.35. The molecule has 0 spiro atoms. The quantitative estimate of drug-likeness (QED) is 0.499. The molecular formula is C25H23ClN2O5S. The summed E-state index contributed by atoms with van der Waals surface area (Å²) in [6, 6.07) is 16.3. The van der Waals surface area contributed by atoms with Crippen LogP contribution in [0.2, 0.25) is 5.02 Å². The Morgan fingerprint density at radius 2 is 1.76 bits per heavy atom. The summed E-state index contributed by atoms with van der Waals surface area (Å²) in [4.78, 5) is 24.9. The number of aryl methyl sites for hydroxylation is 2. The molecule has 7 nitrogen and oxygen atoms in total. The fourth-order valence-corrected chi connectivity index (χ4v) is 4.64. The minimum atomic E-state index is -3.44. The van der Waals surface area contributed by atoms with Crippen molar-refractivity contribution in [2.24, 2.45) is 0 Å². The van der Waals surface area contributed by atoms with E-state index < -0.39 is 15.7 Å². The number of anilines is 2. The molecule has 0 fully saturated rings. The first-order valence-corrected chi connectivity index (χ1v) is 12.9. The van der Waals surface area contributed by atoms with Gasteiger partial charge in [0.1, 0.15) is 5.75 Å². The van der Waals surface area contributed by atoms with Crippen LogP contribution in [0.5, 0.6) is 5.75 Å². The van der Waals surface area contributed by atoms with Crippen molar-refractivity contribution >= 4 is 44.6 Å². The zero-order valence-corrected chi connectivity index (χ0v) is 20.0. The predicted molar refractivity (Wildman–Crippen MR) is 132 cm³/mol.